The fourth-order valence-corrected chi connectivity index (χ4v) is 6.09. The number of anilines is 3. The molecule has 258 valence electrons. The fourth-order valence-electron chi connectivity index (χ4n) is 6.09. The maximum Gasteiger partial charge on any atom is 0.329 e. The van der Waals surface area contributed by atoms with Gasteiger partial charge in [-0.1, -0.05) is 36.4 Å². The molecule has 1 aliphatic heterocycles. The number of aromatic amines is 1. The van der Waals surface area contributed by atoms with Crippen LogP contribution in [-0.4, -0.2) is 78.6 Å². The second kappa shape index (κ2) is 15.1. The third kappa shape index (κ3) is 7.84. The number of rotatable bonds is 12. The van der Waals surface area contributed by atoms with Crippen molar-refractivity contribution in [3.05, 3.63) is 139 Å². The van der Waals surface area contributed by atoms with Gasteiger partial charge in [-0.05, 0) is 73.8 Å². The molecule has 0 aliphatic carbocycles. The molecule has 1 saturated heterocycles. The van der Waals surface area contributed by atoms with Crippen LogP contribution in [0.4, 0.5) is 22.7 Å². The SMILES string of the molecule is CN(C)CCNc1cc(Cn2c(=O)[nH]c3cc(C(=O)NCc4ccc(N5CCN(c6ccccc6)CC5)cc4)ccc3c2=O)ccc1[N+](=O)[O-]. The van der Waals surface area contributed by atoms with Crippen molar-refractivity contribution in [3.8, 4) is 0 Å². The molecular weight excluding hydrogens is 636 g/mol. The minimum Gasteiger partial charge on any atom is -0.378 e. The summed E-state index contributed by atoms with van der Waals surface area (Å²) in [4.78, 5) is 60.0. The molecule has 1 aliphatic rings. The first-order valence-corrected chi connectivity index (χ1v) is 16.5. The number of likely N-dealkylation sites (N-methyl/N-ethyl adjacent to an activating group) is 1. The van der Waals surface area contributed by atoms with E-state index in [4.69, 9.17) is 0 Å². The van der Waals surface area contributed by atoms with Crippen molar-refractivity contribution in [1.29, 1.82) is 0 Å². The number of amides is 1. The van der Waals surface area contributed by atoms with Crippen molar-refractivity contribution in [1.82, 2.24) is 19.8 Å². The number of nitro benzene ring substituents is 1. The van der Waals surface area contributed by atoms with Crippen LogP contribution in [0.15, 0.2) is 101 Å². The summed E-state index contributed by atoms with van der Waals surface area (Å²) in [5, 5.41) is 17.8. The van der Waals surface area contributed by atoms with Crippen LogP contribution in [0.3, 0.4) is 0 Å². The van der Waals surface area contributed by atoms with Gasteiger partial charge in [-0.25, -0.2) is 4.79 Å². The van der Waals surface area contributed by atoms with Crippen LogP contribution in [0.2, 0.25) is 0 Å². The van der Waals surface area contributed by atoms with Gasteiger partial charge in [0.15, 0.2) is 0 Å². The van der Waals surface area contributed by atoms with Crippen LogP contribution >= 0.6 is 0 Å². The number of H-pyrrole nitrogens is 1. The molecule has 0 saturated carbocycles. The van der Waals surface area contributed by atoms with E-state index < -0.39 is 16.2 Å². The molecule has 4 aromatic carbocycles. The number of carbonyl (C=O) groups excluding carboxylic acids is 1. The number of hydrogen-bond acceptors (Lipinski definition) is 9. The summed E-state index contributed by atoms with van der Waals surface area (Å²) in [6.07, 6.45) is 0. The Bertz CT molecular complexity index is 2100. The summed E-state index contributed by atoms with van der Waals surface area (Å²) in [5.74, 6) is -0.335. The van der Waals surface area contributed by atoms with E-state index in [-0.39, 0.29) is 29.0 Å². The Morgan fingerprint density at radius 3 is 2.18 bits per heavy atom. The van der Waals surface area contributed by atoms with E-state index in [0.29, 0.717) is 36.4 Å². The molecule has 1 aromatic heterocycles. The number of hydrogen-bond donors (Lipinski definition) is 3. The van der Waals surface area contributed by atoms with Crippen LogP contribution in [0.25, 0.3) is 10.9 Å². The molecule has 0 unspecified atom stereocenters. The molecular formula is C37H40N8O5. The number of carbonyl (C=O) groups is 1. The molecule has 0 radical (unpaired) electrons. The topological polar surface area (TPSA) is 149 Å². The van der Waals surface area contributed by atoms with Crippen LogP contribution in [-0.2, 0) is 13.1 Å². The number of nitrogens with zero attached hydrogens (tertiary/aromatic N) is 5. The molecule has 0 spiro atoms. The molecule has 1 amide bonds. The summed E-state index contributed by atoms with van der Waals surface area (Å²) >= 11 is 0. The van der Waals surface area contributed by atoms with Gasteiger partial charge >= 0.3 is 5.69 Å². The Balaban J connectivity index is 1.09. The Kier molecular flexibility index (Phi) is 10.2. The minimum atomic E-state index is -0.651. The molecule has 0 atom stereocenters. The lowest BCUT2D eigenvalue weighted by Gasteiger charge is -2.37. The number of nitrogens with one attached hydrogen (secondary N) is 3. The van der Waals surface area contributed by atoms with Crippen LogP contribution < -0.4 is 31.7 Å². The summed E-state index contributed by atoms with van der Waals surface area (Å²) < 4.78 is 1.04. The average Bonchev–Trinajstić information content (AvgIpc) is 3.12. The van der Waals surface area contributed by atoms with Gasteiger partial charge in [0.05, 0.1) is 22.4 Å². The first-order valence-electron chi connectivity index (χ1n) is 16.5. The van der Waals surface area contributed by atoms with Crippen molar-refractivity contribution in [2.45, 2.75) is 13.1 Å². The van der Waals surface area contributed by atoms with Gasteiger partial charge in [0.1, 0.15) is 5.69 Å². The minimum absolute atomic E-state index is 0.0879. The predicted molar refractivity (Wildman–Crippen MR) is 197 cm³/mol. The van der Waals surface area contributed by atoms with Crippen molar-refractivity contribution in [3.63, 3.8) is 0 Å². The zero-order valence-electron chi connectivity index (χ0n) is 28.1. The van der Waals surface area contributed by atoms with Crippen LogP contribution in [0.1, 0.15) is 21.5 Å². The Hall–Kier alpha value is -5.95. The van der Waals surface area contributed by atoms with Gasteiger partial charge in [0.25, 0.3) is 17.2 Å². The Morgan fingerprint density at radius 2 is 1.52 bits per heavy atom. The number of para-hydroxylation sites is 1. The number of benzene rings is 4. The van der Waals surface area contributed by atoms with E-state index in [1.54, 1.807) is 12.1 Å². The zero-order chi connectivity index (χ0) is 35.2. The molecule has 2 heterocycles. The molecule has 5 aromatic rings. The summed E-state index contributed by atoms with van der Waals surface area (Å²) in [5.41, 5.74) is 3.46. The van der Waals surface area contributed by atoms with E-state index in [9.17, 15) is 24.5 Å². The van der Waals surface area contributed by atoms with Crippen molar-refractivity contribution < 1.29 is 9.72 Å². The fraction of sp³-hybridized carbons (Fsp3) is 0.270. The normalized spacial score (nSPS) is 13.1. The highest BCUT2D eigenvalue weighted by Gasteiger charge is 2.19. The average molecular weight is 677 g/mol. The monoisotopic (exact) mass is 676 g/mol. The highest BCUT2D eigenvalue weighted by atomic mass is 16.6. The Morgan fingerprint density at radius 1 is 0.860 bits per heavy atom. The van der Waals surface area contributed by atoms with Crippen molar-refractivity contribution >= 4 is 39.6 Å². The number of aromatic nitrogens is 2. The quantitative estimate of drug-likeness (QED) is 0.132. The largest absolute Gasteiger partial charge is 0.378 e. The van der Waals surface area contributed by atoms with E-state index in [0.717, 1.165) is 42.0 Å². The zero-order valence-corrected chi connectivity index (χ0v) is 28.1. The van der Waals surface area contributed by atoms with E-state index in [1.807, 2.05) is 37.2 Å². The number of fused-ring (bicyclic) bond motifs is 1. The molecule has 6 rings (SSSR count). The van der Waals surface area contributed by atoms with E-state index in [1.165, 1.54) is 30.0 Å². The highest BCUT2D eigenvalue weighted by molar-refractivity contribution is 5.97. The number of piperazine rings is 1. The first-order chi connectivity index (χ1) is 24.2. The van der Waals surface area contributed by atoms with E-state index >= 15 is 0 Å². The lowest BCUT2D eigenvalue weighted by Crippen LogP contribution is -2.46. The lowest BCUT2D eigenvalue weighted by molar-refractivity contribution is -0.384. The van der Waals surface area contributed by atoms with Gasteiger partial charge in [-0.3, -0.25) is 24.3 Å². The standard InChI is InChI=1S/C37H40N8O5/c1-41(2)17-16-38-33-22-27(10-15-34(33)45(49)50)25-44-36(47)31-14-11-28(23-32(31)40-37(44)48)35(46)39-24-26-8-12-30(13-9-26)43-20-18-42(19-21-43)29-6-4-3-5-7-29/h3-15,22-23,38H,16-21,24-25H2,1-2H3,(H,39,46)(H,40,48). The molecule has 13 heteroatoms. The van der Waals surface area contributed by atoms with Gasteiger partial charge in [-0.2, -0.15) is 0 Å². The van der Waals surface area contributed by atoms with Crippen molar-refractivity contribution in [2.75, 3.05) is 68.5 Å². The lowest BCUT2D eigenvalue weighted by atomic mass is 10.1. The molecule has 13 nitrogen and oxygen atoms in total. The predicted octanol–water partition coefficient (Wildman–Crippen LogP) is 3.88. The summed E-state index contributed by atoms with van der Waals surface area (Å²) in [7, 11) is 3.80. The van der Waals surface area contributed by atoms with Gasteiger partial charge in [0.2, 0.25) is 0 Å². The Labute approximate surface area is 288 Å². The third-order valence-electron chi connectivity index (χ3n) is 8.87. The molecule has 0 bridgehead atoms. The maximum absolute atomic E-state index is 13.4. The third-order valence-corrected chi connectivity index (χ3v) is 8.87. The highest BCUT2D eigenvalue weighted by Crippen LogP contribution is 2.26. The number of nitro groups is 1. The maximum atomic E-state index is 13.4. The first kappa shape index (κ1) is 33.9. The second-order valence-electron chi connectivity index (χ2n) is 12.6. The van der Waals surface area contributed by atoms with Crippen LogP contribution in [0.5, 0.6) is 0 Å². The van der Waals surface area contributed by atoms with Gasteiger partial charge < -0.3 is 30.3 Å². The summed E-state index contributed by atoms with van der Waals surface area (Å²) in [6, 6.07) is 27.6. The smallest absolute Gasteiger partial charge is 0.329 e. The molecule has 3 N–H and O–H groups in total. The van der Waals surface area contributed by atoms with Gasteiger partial charge in [0, 0.05) is 68.8 Å². The summed E-state index contributed by atoms with van der Waals surface area (Å²) in [6.45, 7) is 5.11. The molecule has 1 fully saturated rings. The van der Waals surface area contributed by atoms with E-state index in [2.05, 4.69) is 61.8 Å². The molecule has 50 heavy (non-hydrogen) atoms. The van der Waals surface area contributed by atoms with Crippen LogP contribution in [0, 0.1) is 10.1 Å². The second-order valence-corrected chi connectivity index (χ2v) is 12.6. The van der Waals surface area contributed by atoms with Crippen molar-refractivity contribution in [2.24, 2.45) is 0 Å². The van der Waals surface area contributed by atoms with Gasteiger partial charge in [-0.15, -0.1) is 0 Å².